The molecule has 0 saturated carbocycles. The van der Waals surface area contributed by atoms with Crippen molar-refractivity contribution in [1.29, 1.82) is 0 Å². The fourth-order valence-corrected chi connectivity index (χ4v) is 1.96. The molecule has 0 radical (unpaired) electrons. The van der Waals surface area contributed by atoms with E-state index >= 15 is 0 Å². The quantitative estimate of drug-likeness (QED) is 0.639. The maximum Gasteiger partial charge on any atom is 0.226 e. The lowest BCUT2D eigenvalue weighted by Gasteiger charge is -2.28. The molecule has 0 unspecified atom stereocenters. The Kier molecular flexibility index (Phi) is 2.91. The summed E-state index contributed by atoms with van der Waals surface area (Å²) in [5.74, 6) is -0.811. The molecule has 1 N–H and O–H groups in total. The molecular weight excluding hydrogens is 228 g/mol. The fourth-order valence-electron chi connectivity index (χ4n) is 1.96. The lowest BCUT2D eigenvalue weighted by atomic mass is 9.75. The number of carbonyl (C=O) groups is 2. The number of allylic oxidation sites excluding steroid dienone is 4. The second-order valence-electron chi connectivity index (χ2n) is 4.84. The molecule has 2 rings (SSSR count). The van der Waals surface area contributed by atoms with Crippen LogP contribution in [0.3, 0.4) is 0 Å². The smallest absolute Gasteiger partial charge is 0.226 e. The number of hydrogen-bond donors (Lipinski definition) is 1. The zero-order valence-electron chi connectivity index (χ0n) is 10.3. The van der Waals surface area contributed by atoms with E-state index in [1.54, 1.807) is 24.3 Å². The second-order valence-corrected chi connectivity index (χ2v) is 4.84. The first-order valence-electron chi connectivity index (χ1n) is 5.69. The van der Waals surface area contributed by atoms with Crippen molar-refractivity contribution in [2.45, 2.75) is 19.3 Å². The van der Waals surface area contributed by atoms with Gasteiger partial charge in [0.1, 0.15) is 5.75 Å². The molecule has 1 aliphatic carbocycles. The number of ketones is 2. The standard InChI is InChI=1S/C15H14O3/c1-15(2,10-4-3-5-12(16)8-10)11-6-7-13(17)14(18)9-11/h3-9,16H,1-2H3. The van der Waals surface area contributed by atoms with Gasteiger partial charge in [0, 0.05) is 5.41 Å². The average Bonchev–Trinajstić information content (AvgIpc) is 2.32. The van der Waals surface area contributed by atoms with Gasteiger partial charge in [-0.2, -0.15) is 0 Å². The Balaban J connectivity index is 2.44. The van der Waals surface area contributed by atoms with Gasteiger partial charge in [0.2, 0.25) is 11.6 Å². The Labute approximate surface area is 105 Å². The highest BCUT2D eigenvalue weighted by molar-refractivity contribution is 6.46. The van der Waals surface area contributed by atoms with Crippen LogP contribution in [-0.4, -0.2) is 16.7 Å². The molecule has 0 spiro atoms. The SMILES string of the molecule is CC(C)(C1=CC(=O)C(=O)C=C1)c1cccc(O)c1. The van der Waals surface area contributed by atoms with E-state index in [1.165, 1.54) is 12.2 Å². The van der Waals surface area contributed by atoms with E-state index in [2.05, 4.69) is 0 Å². The monoisotopic (exact) mass is 242 g/mol. The molecule has 0 amide bonds. The van der Waals surface area contributed by atoms with Gasteiger partial charge in [-0.05, 0) is 35.4 Å². The minimum Gasteiger partial charge on any atom is -0.508 e. The number of phenols is 1. The minimum atomic E-state index is -0.499. The lowest BCUT2D eigenvalue weighted by Crippen LogP contribution is -2.24. The van der Waals surface area contributed by atoms with Crippen LogP contribution in [0.15, 0.2) is 48.1 Å². The molecule has 0 heterocycles. The van der Waals surface area contributed by atoms with Gasteiger partial charge in [-0.15, -0.1) is 0 Å². The summed E-state index contributed by atoms with van der Waals surface area (Å²) in [6.45, 7) is 3.89. The van der Waals surface area contributed by atoms with Crippen molar-refractivity contribution >= 4 is 11.6 Å². The molecule has 0 atom stereocenters. The van der Waals surface area contributed by atoms with Crippen LogP contribution in [0, 0.1) is 0 Å². The summed E-state index contributed by atoms with van der Waals surface area (Å²) in [7, 11) is 0. The summed E-state index contributed by atoms with van der Waals surface area (Å²) in [6.07, 6.45) is 4.32. The van der Waals surface area contributed by atoms with Crippen molar-refractivity contribution in [2.24, 2.45) is 0 Å². The Hall–Kier alpha value is -2.16. The van der Waals surface area contributed by atoms with Crippen molar-refractivity contribution in [2.75, 3.05) is 0 Å². The van der Waals surface area contributed by atoms with Gasteiger partial charge < -0.3 is 5.11 Å². The van der Waals surface area contributed by atoms with Crippen LogP contribution in [0.5, 0.6) is 5.75 Å². The van der Waals surface area contributed by atoms with E-state index in [4.69, 9.17) is 0 Å². The Morgan fingerprint density at radius 1 is 1.06 bits per heavy atom. The maximum absolute atomic E-state index is 11.4. The van der Waals surface area contributed by atoms with E-state index < -0.39 is 17.0 Å². The molecule has 0 aliphatic heterocycles. The fraction of sp³-hybridized carbons (Fsp3) is 0.200. The largest absolute Gasteiger partial charge is 0.508 e. The number of aromatic hydroxyl groups is 1. The van der Waals surface area contributed by atoms with Crippen LogP contribution in [0.25, 0.3) is 0 Å². The normalized spacial score (nSPS) is 15.8. The van der Waals surface area contributed by atoms with E-state index in [0.717, 1.165) is 11.1 Å². The summed E-state index contributed by atoms with van der Waals surface area (Å²) in [4.78, 5) is 22.6. The third-order valence-corrected chi connectivity index (χ3v) is 3.23. The summed E-state index contributed by atoms with van der Waals surface area (Å²) in [6, 6.07) is 6.90. The molecule has 3 heteroatoms. The average molecular weight is 242 g/mol. The zero-order chi connectivity index (χ0) is 13.3. The summed E-state index contributed by atoms with van der Waals surface area (Å²) >= 11 is 0. The van der Waals surface area contributed by atoms with Crippen molar-refractivity contribution in [1.82, 2.24) is 0 Å². The van der Waals surface area contributed by atoms with Crippen LogP contribution in [0.2, 0.25) is 0 Å². The molecule has 0 fully saturated rings. The molecule has 1 aromatic carbocycles. The number of phenolic OH excluding ortho intramolecular Hbond substituents is 1. The molecule has 92 valence electrons. The lowest BCUT2D eigenvalue weighted by molar-refractivity contribution is -0.131. The molecule has 0 bridgehead atoms. The molecule has 3 nitrogen and oxygen atoms in total. The predicted octanol–water partition coefficient (Wildman–Crippen LogP) is 2.30. The van der Waals surface area contributed by atoms with E-state index in [1.807, 2.05) is 19.9 Å². The Bertz CT molecular complexity index is 577. The first-order chi connectivity index (χ1) is 8.41. The van der Waals surface area contributed by atoms with Gasteiger partial charge in [-0.25, -0.2) is 0 Å². The first-order valence-corrected chi connectivity index (χ1v) is 5.69. The van der Waals surface area contributed by atoms with Crippen LogP contribution >= 0.6 is 0 Å². The van der Waals surface area contributed by atoms with Gasteiger partial charge in [0.15, 0.2) is 0 Å². The van der Waals surface area contributed by atoms with Crippen LogP contribution in [0.4, 0.5) is 0 Å². The first kappa shape index (κ1) is 12.3. The zero-order valence-corrected chi connectivity index (χ0v) is 10.3. The van der Waals surface area contributed by atoms with Crippen LogP contribution < -0.4 is 0 Å². The third-order valence-electron chi connectivity index (χ3n) is 3.23. The maximum atomic E-state index is 11.4. The third kappa shape index (κ3) is 2.12. The highest BCUT2D eigenvalue weighted by atomic mass is 16.3. The summed E-state index contributed by atoms with van der Waals surface area (Å²) < 4.78 is 0. The number of carbonyl (C=O) groups excluding carboxylic acids is 2. The topological polar surface area (TPSA) is 54.4 Å². The van der Waals surface area contributed by atoms with Crippen molar-refractivity contribution < 1.29 is 14.7 Å². The summed E-state index contributed by atoms with van der Waals surface area (Å²) in [5.41, 5.74) is 1.21. The summed E-state index contributed by atoms with van der Waals surface area (Å²) in [5, 5.41) is 9.51. The van der Waals surface area contributed by atoms with Crippen molar-refractivity contribution in [3.05, 3.63) is 53.6 Å². The van der Waals surface area contributed by atoms with Gasteiger partial charge in [-0.1, -0.05) is 32.1 Å². The minimum absolute atomic E-state index is 0.184. The molecule has 0 aromatic heterocycles. The van der Waals surface area contributed by atoms with Crippen LogP contribution in [-0.2, 0) is 15.0 Å². The molecule has 0 saturated heterocycles. The number of rotatable bonds is 2. The van der Waals surface area contributed by atoms with Gasteiger partial charge in [0.25, 0.3) is 0 Å². The Morgan fingerprint density at radius 2 is 1.78 bits per heavy atom. The predicted molar refractivity (Wildman–Crippen MR) is 68.4 cm³/mol. The van der Waals surface area contributed by atoms with Gasteiger partial charge >= 0.3 is 0 Å². The molecule has 1 aliphatic rings. The van der Waals surface area contributed by atoms with Crippen molar-refractivity contribution in [3.63, 3.8) is 0 Å². The van der Waals surface area contributed by atoms with Gasteiger partial charge in [0.05, 0.1) is 0 Å². The van der Waals surface area contributed by atoms with Gasteiger partial charge in [-0.3, -0.25) is 9.59 Å². The highest BCUT2D eigenvalue weighted by Gasteiger charge is 2.28. The van der Waals surface area contributed by atoms with E-state index in [-0.39, 0.29) is 5.75 Å². The highest BCUT2D eigenvalue weighted by Crippen LogP contribution is 2.34. The molecule has 1 aromatic rings. The molecule has 18 heavy (non-hydrogen) atoms. The van der Waals surface area contributed by atoms with E-state index in [9.17, 15) is 14.7 Å². The van der Waals surface area contributed by atoms with E-state index in [0.29, 0.717) is 0 Å². The van der Waals surface area contributed by atoms with Crippen molar-refractivity contribution in [3.8, 4) is 5.75 Å². The molecular formula is C15H14O3. The second kappa shape index (κ2) is 4.26. The number of benzene rings is 1. The number of hydrogen-bond acceptors (Lipinski definition) is 3. The van der Waals surface area contributed by atoms with Crippen LogP contribution in [0.1, 0.15) is 19.4 Å². The Morgan fingerprint density at radius 3 is 2.39 bits per heavy atom.